The normalized spacial score (nSPS) is 11.5. The van der Waals surface area contributed by atoms with Gasteiger partial charge in [-0.05, 0) is 47.9 Å². The van der Waals surface area contributed by atoms with Crippen molar-refractivity contribution in [3.05, 3.63) is 83.9 Å². The van der Waals surface area contributed by atoms with E-state index in [1.807, 2.05) is 79.7 Å². The van der Waals surface area contributed by atoms with Gasteiger partial charge in [-0.15, -0.1) is 0 Å². The van der Waals surface area contributed by atoms with E-state index in [1.165, 1.54) is 0 Å². The van der Waals surface area contributed by atoms with E-state index in [-0.39, 0.29) is 11.9 Å². The fourth-order valence-corrected chi connectivity index (χ4v) is 2.93. The molecule has 27 heavy (non-hydrogen) atoms. The lowest BCUT2D eigenvalue weighted by atomic mass is 10.0. The van der Waals surface area contributed by atoms with Gasteiger partial charge in [0.25, 0.3) is 5.91 Å². The van der Waals surface area contributed by atoms with Crippen LogP contribution < -0.4 is 14.8 Å². The molecule has 3 aromatic rings. The van der Waals surface area contributed by atoms with Gasteiger partial charge in [-0.2, -0.15) is 0 Å². The van der Waals surface area contributed by atoms with Crippen LogP contribution >= 0.6 is 0 Å². The van der Waals surface area contributed by atoms with Crippen LogP contribution in [0, 0.1) is 0 Å². The predicted molar refractivity (Wildman–Crippen MR) is 107 cm³/mol. The number of benzene rings is 3. The first-order valence-electron chi connectivity index (χ1n) is 8.80. The van der Waals surface area contributed by atoms with E-state index in [4.69, 9.17) is 9.47 Å². The third-order valence-corrected chi connectivity index (χ3v) is 4.51. The van der Waals surface area contributed by atoms with Crippen LogP contribution in [-0.4, -0.2) is 20.1 Å². The zero-order valence-corrected chi connectivity index (χ0v) is 15.7. The number of carbonyl (C=O) groups is 1. The van der Waals surface area contributed by atoms with Gasteiger partial charge in [0.15, 0.2) is 11.5 Å². The van der Waals surface area contributed by atoms with Gasteiger partial charge >= 0.3 is 0 Å². The molecular weight excluding hydrogens is 338 g/mol. The van der Waals surface area contributed by atoms with Crippen molar-refractivity contribution in [2.24, 2.45) is 0 Å². The number of hydrogen-bond acceptors (Lipinski definition) is 3. The minimum atomic E-state index is -0.161. The van der Waals surface area contributed by atoms with Crippen molar-refractivity contribution in [3.8, 4) is 22.6 Å². The lowest BCUT2D eigenvalue weighted by molar-refractivity contribution is 0.0940. The topological polar surface area (TPSA) is 47.6 Å². The van der Waals surface area contributed by atoms with Crippen LogP contribution in [0.4, 0.5) is 0 Å². The minimum absolute atomic E-state index is 0.114. The van der Waals surface area contributed by atoms with Gasteiger partial charge in [0, 0.05) is 5.56 Å². The molecule has 0 spiro atoms. The molecule has 0 aromatic heterocycles. The first-order chi connectivity index (χ1) is 13.1. The Morgan fingerprint density at radius 1 is 0.815 bits per heavy atom. The molecule has 0 aliphatic heterocycles. The highest BCUT2D eigenvalue weighted by Crippen LogP contribution is 2.30. The van der Waals surface area contributed by atoms with Crippen LogP contribution in [0.1, 0.15) is 28.9 Å². The van der Waals surface area contributed by atoms with Gasteiger partial charge in [-0.1, -0.05) is 48.5 Å². The molecule has 1 N–H and O–H groups in total. The average molecular weight is 361 g/mol. The second-order valence-corrected chi connectivity index (χ2v) is 6.25. The van der Waals surface area contributed by atoms with Gasteiger partial charge in [0.2, 0.25) is 0 Å². The van der Waals surface area contributed by atoms with Gasteiger partial charge in [0.05, 0.1) is 20.3 Å². The Balaban J connectivity index is 1.71. The molecule has 1 atom stereocenters. The molecule has 0 bridgehead atoms. The van der Waals surface area contributed by atoms with Crippen molar-refractivity contribution in [2.75, 3.05) is 14.2 Å². The molecule has 0 saturated carbocycles. The maximum Gasteiger partial charge on any atom is 0.251 e. The smallest absolute Gasteiger partial charge is 0.251 e. The van der Waals surface area contributed by atoms with E-state index in [0.717, 1.165) is 16.7 Å². The fraction of sp³-hybridized carbons (Fsp3) is 0.174. The number of amides is 1. The van der Waals surface area contributed by atoms with Crippen LogP contribution in [0.2, 0.25) is 0 Å². The number of rotatable bonds is 6. The monoisotopic (exact) mass is 361 g/mol. The van der Waals surface area contributed by atoms with Crippen LogP contribution in [0.5, 0.6) is 11.5 Å². The van der Waals surface area contributed by atoms with Crippen molar-refractivity contribution in [1.29, 1.82) is 0 Å². The predicted octanol–water partition coefficient (Wildman–Crippen LogP) is 4.86. The largest absolute Gasteiger partial charge is 0.493 e. The number of carbonyl (C=O) groups excluding carboxylic acids is 1. The van der Waals surface area contributed by atoms with E-state index in [0.29, 0.717) is 17.1 Å². The quantitative estimate of drug-likeness (QED) is 0.682. The maximum atomic E-state index is 12.6. The SMILES string of the molecule is COc1ccc(C(C)NC(=O)c2ccc(-c3ccccc3)cc2)cc1OC. The van der Waals surface area contributed by atoms with E-state index in [2.05, 4.69) is 5.32 Å². The maximum absolute atomic E-state index is 12.6. The summed E-state index contributed by atoms with van der Waals surface area (Å²) in [6.45, 7) is 1.94. The molecule has 0 radical (unpaired) electrons. The molecule has 0 fully saturated rings. The summed E-state index contributed by atoms with van der Waals surface area (Å²) in [6.07, 6.45) is 0. The molecule has 1 amide bonds. The summed E-state index contributed by atoms with van der Waals surface area (Å²) in [7, 11) is 3.20. The van der Waals surface area contributed by atoms with Crippen LogP contribution in [0.25, 0.3) is 11.1 Å². The molecule has 0 aliphatic carbocycles. The lowest BCUT2D eigenvalue weighted by Gasteiger charge is -2.17. The number of hydrogen-bond donors (Lipinski definition) is 1. The average Bonchev–Trinajstić information content (AvgIpc) is 2.73. The Morgan fingerprint density at radius 2 is 1.44 bits per heavy atom. The molecule has 138 valence electrons. The van der Waals surface area contributed by atoms with Crippen molar-refractivity contribution in [1.82, 2.24) is 5.32 Å². The Bertz CT molecular complexity index is 905. The molecule has 4 nitrogen and oxygen atoms in total. The molecule has 0 aliphatic rings. The highest BCUT2D eigenvalue weighted by Gasteiger charge is 2.14. The van der Waals surface area contributed by atoms with E-state index in [1.54, 1.807) is 14.2 Å². The standard InChI is InChI=1S/C23H23NO3/c1-16(20-13-14-21(26-2)22(15-20)27-3)24-23(25)19-11-9-18(10-12-19)17-7-5-4-6-8-17/h4-16H,1-3H3,(H,24,25). The molecule has 0 heterocycles. The summed E-state index contributed by atoms with van der Waals surface area (Å²) in [5.41, 5.74) is 3.78. The van der Waals surface area contributed by atoms with E-state index < -0.39 is 0 Å². The van der Waals surface area contributed by atoms with Crippen molar-refractivity contribution < 1.29 is 14.3 Å². The van der Waals surface area contributed by atoms with Crippen molar-refractivity contribution >= 4 is 5.91 Å². The van der Waals surface area contributed by atoms with Crippen LogP contribution in [0.3, 0.4) is 0 Å². The van der Waals surface area contributed by atoms with Crippen LogP contribution in [-0.2, 0) is 0 Å². The molecular formula is C23H23NO3. The van der Waals surface area contributed by atoms with Gasteiger partial charge in [0.1, 0.15) is 0 Å². The first kappa shape index (κ1) is 18.5. The molecule has 0 saturated heterocycles. The Kier molecular flexibility index (Phi) is 5.77. The third-order valence-electron chi connectivity index (χ3n) is 4.51. The highest BCUT2D eigenvalue weighted by molar-refractivity contribution is 5.95. The van der Waals surface area contributed by atoms with Crippen molar-refractivity contribution in [3.63, 3.8) is 0 Å². The Labute approximate surface area is 159 Å². The molecule has 1 unspecified atom stereocenters. The summed E-state index contributed by atoms with van der Waals surface area (Å²) in [5, 5.41) is 3.03. The fourth-order valence-electron chi connectivity index (χ4n) is 2.93. The Hall–Kier alpha value is -3.27. The zero-order valence-electron chi connectivity index (χ0n) is 15.7. The zero-order chi connectivity index (χ0) is 19.2. The summed E-state index contributed by atoms with van der Waals surface area (Å²) < 4.78 is 10.6. The number of nitrogens with one attached hydrogen (secondary N) is 1. The van der Waals surface area contributed by atoms with E-state index in [9.17, 15) is 4.79 Å². The van der Waals surface area contributed by atoms with Gasteiger partial charge in [-0.25, -0.2) is 0 Å². The highest BCUT2D eigenvalue weighted by atomic mass is 16.5. The molecule has 3 rings (SSSR count). The summed E-state index contributed by atoms with van der Waals surface area (Å²) in [4.78, 5) is 12.6. The molecule has 3 aromatic carbocycles. The lowest BCUT2D eigenvalue weighted by Crippen LogP contribution is -2.26. The third kappa shape index (κ3) is 4.29. The van der Waals surface area contributed by atoms with Gasteiger partial charge in [-0.3, -0.25) is 4.79 Å². The van der Waals surface area contributed by atoms with E-state index >= 15 is 0 Å². The first-order valence-corrected chi connectivity index (χ1v) is 8.80. The van der Waals surface area contributed by atoms with Crippen LogP contribution in [0.15, 0.2) is 72.8 Å². The Morgan fingerprint density at radius 3 is 2.07 bits per heavy atom. The van der Waals surface area contributed by atoms with Crippen molar-refractivity contribution in [2.45, 2.75) is 13.0 Å². The van der Waals surface area contributed by atoms with Gasteiger partial charge < -0.3 is 14.8 Å². The number of methoxy groups -OCH3 is 2. The second kappa shape index (κ2) is 8.41. The summed E-state index contributed by atoms with van der Waals surface area (Å²) in [5.74, 6) is 1.19. The molecule has 4 heteroatoms. The second-order valence-electron chi connectivity index (χ2n) is 6.25. The summed E-state index contributed by atoms with van der Waals surface area (Å²) in [6, 6.07) is 23.2. The minimum Gasteiger partial charge on any atom is -0.493 e. The number of ether oxygens (including phenoxy) is 2. The summed E-state index contributed by atoms with van der Waals surface area (Å²) >= 11 is 0.